The van der Waals surface area contributed by atoms with Crippen LogP contribution in [0.25, 0.3) is 12.2 Å². The predicted molar refractivity (Wildman–Crippen MR) is 244 cm³/mol. The van der Waals surface area contributed by atoms with Crippen molar-refractivity contribution in [2.24, 2.45) is 9.98 Å². The Bertz CT molecular complexity index is 2610. The van der Waals surface area contributed by atoms with Crippen LogP contribution < -0.4 is 14.5 Å². The van der Waals surface area contributed by atoms with Crippen LogP contribution in [0.15, 0.2) is 178 Å². The van der Waals surface area contributed by atoms with E-state index in [9.17, 15) is 14.7 Å². The maximum atomic E-state index is 14.1. The lowest BCUT2D eigenvalue weighted by Gasteiger charge is -2.17. The Labute approximate surface area is 357 Å². The summed E-state index contributed by atoms with van der Waals surface area (Å²) in [6, 6.07) is 50.0. The van der Waals surface area contributed by atoms with E-state index >= 15 is 0 Å². The first-order chi connectivity index (χ1) is 29.4. The lowest BCUT2D eigenvalue weighted by Crippen LogP contribution is -2.29. The third kappa shape index (κ3) is 9.68. The van der Waals surface area contributed by atoms with Crippen molar-refractivity contribution in [3.63, 3.8) is 0 Å². The quantitative estimate of drug-likeness (QED) is 0.116. The molecule has 0 aromatic heterocycles. The van der Waals surface area contributed by atoms with Gasteiger partial charge in [0.05, 0.1) is 46.6 Å². The number of aliphatic hydroxyl groups is 1. The standard InChI is InChI=1S/C49H40N4O5S2/c1-57-32-38-13-8-12-37(26-38)29-45-47(56)53(48(59-45)50-30-35-10-4-2-5-11-35)42-17-9-14-39(27-42)33-58-43-24-22-40(23-25-43)51-49-52(41-15-6-3-7-16-41)46(55)44(60-49)28-34-18-20-36(31-54)21-19-34/h2-29,54H,30-33H2,1H3/b44-28-,45-29-,50-48?,51-49?. The van der Waals surface area contributed by atoms with Gasteiger partial charge >= 0.3 is 0 Å². The monoisotopic (exact) mass is 828 g/mol. The minimum Gasteiger partial charge on any atom is -0.489 e. The van der Waals surface area contributed by atoms with E-state index in [-0.39, 0.29) is 25.0 Å². The molecule has 2 aliphatic rings. The first-order valence-electron chi connectivity index (χ1n) is 19.2. The van der Waals surface area contributed by atoms with Crippen LogP contribution in [0, 0.1) is 0 Å². The van der Waals surface area contributed by atoms with Crippen LogP contribution in [0.5, 0.6) is 5.75 Å². The van der Waals surface area contributed by atoms with Gasteiger partial charge in [0.15, 0.2) is 10.3 Å². The van der Waals surface area contributed by atoms with Gasteiger partial charge in [-0.2, -0.15) is 0 Å². The summed E-state index contributed by atoms with van der Waals surface area (Å²) in [5.74, 6) is 0.332. The minimum absolute atomic E-state index is 0.0430. The van der Waals surface area contributed by atoms with Crippen molar-refractivity contribution in [3.05, 3.63) is 201 Å². The van der Waals surface area contributed by atoms with Crippen LogP contribution >= 0.6 is 23.5 Å². The van der Waals surface area contributed by atoms with E-state index in [1.54, 1.807) is 16.9 Å². The van der Waals surface area contributed by atoms with Gasteiger partial charge in [-0.15, -0.1) is 0 Å². The van der Waals surface area contributed by atoms with E-state index in [1.165, 1.54) is 23.5 Å². The molecule has 0 bridgehead atoms. The Kier molecular flexibility index (Phi) is 12.8. The molecular weight excluding hydrogens is 789 g/mol. The number of anilines is 2. The summed E-state index contributed by atoms with van der Waals surface area (Å²) >= 11 is 2.67. The van der Waals surface area contributed by atoms with Crippen LogP contribution in [0.4, 0.5) is 17.1 Å². The lowest BCUT2D eigenvalue weighted by atomic mass is 10.1. The number of carbonyl (C=O) groups is 2. The SMILES string of the molecule is COCc1cccc(/C=C2\SC(=NCc3ccccc3)N(c3cccc(COc4ccc(N=C5S/C(=C\c6ccc(CO)cc6)C(=O)N5c5ccccc5)cc4)c3)C2=O)c1. The molecule has 6 aromatic carbocycles. The van der Waals surface area contributed by atoms with Crippen molar-refractivity contribution in [1.29, 1.82) is 0 Å². The van der Waals surface area contributed by atoms with Crippen LogP contribution in [0.2, 0.25) is 0 Å². The van der Waals surface area contributed by atoms with Crippen molar-refractivity contribution >= 4 is 74.9 Å². The summed E-state index contributed by atoms with van der Waals surface area (Å²) in [5, 5.41) is 10.6. The normalized spacial score (nSPS) is 16.8. The van der Waals surface area contributed by atoms with Gasteiger partial charge in [-0.05, 0) is 124 Å². The minimum atomic E-state index is -0.165. The molecule has 9 nitrogen and oxygen atoms in total. The molecule has 1 N–H and O–H groups in total. The summed E-state index contributed by atoms with van der Waals surface area (Å²) in [4.78, 5) is 42.0. The fraction of sp³-hybridized carbons (Fsp3) is 0.102. The molecule has 2 fully saturated rings. The number of nitrogens with zero attached hydrogens (tertiary/aromatic N) is 4. The van der Waals surface area contributed by atoms with E-state index in [1.807, 2.05) is 170 Å². The third-order valence-electron chi connectivity index (χ3n) is 9.52. The van der Waals surface area contributed by atoms with Crippen LogP contribution in [0.3, 0.4) is 0 Å². The lowest BCUT2D eigenvalue weighted by molar-refractivity contribution is -0.114. The highest BCUT2D eigenvalue weighted by atomic mass is 32.2. The number of para-hydroxylation sites is 1. The highest BCUT2D eigenvalue weighted by molar-refractivity contribution is 8.19. The average Bonchev–Trinajstić information content (AvgIpc) is 3.76. The maximum Gasteiger partial charge on any atom is 0.271 e. The van der Waals surface area contributed by atoms with Gasteiger partial charge in [0, 0.05) is 7.11 Å². The first kappa shape index (κ1) is 40.3. The summed E-state index contributed by atoms with van der Waals surface area (Å²) < 4.78 is 11.5. The molecule has 298 valence electrons. The molecule has 0 radical (unpaired) electrons. The van der Waals surface area contributed by atoms with Gasteiger partial charge in [0.25, 0.3) is 11.8 Å². The third-order valence-corrected chi connectivity index (χ3v) is 11.5. The van der Waals surface area contributed by atoms with Gasteiger partial charge in [-0.3, -0.25) is 24.4 Å². The first-order valence-corrected chi connectivity index (χ1v) is 20.9. The summed E-state index contributed by atoms with van der Waals surface area (Å²) in [6.07, 6.45) is 3.75. The number of methoxy groups -OCH3 is 1. The van der Waals surface area contributed by atoms with Gasteiger partial charge in [0.1, 0.15) is 12.4 Å². The Hall–Kier alpha value is -6.50. The van der Waals surface area contributed by atoms with E-state index < -0.39 is 0 Å². The second-order valence-corrected chi connectivity index (χ2v) is 15.9. The number of aliphatic hydroxyl groups excluding tert-OH is 1. The number of ether oxygens (including phenoxy) is 2. The molecule has 0 saturated carbocycles. The molecule has 0 unspecified atom stereocenters. The Balaban J connectivity index is 0.993. The number of carbonyl (C=O) groups excluding carboxylic acids is 2. The predicted octanol–water partition coefficient (Wildman–Crippen LogP) is 10.4. The van der Waals surface area contributed by atoms with Crippen molar-refractivity contribution in [1.82, 2.24) is 0 Å². The number of aliphatic imine (C=N–C) groups is 2. The average molecular weight is 829 g/mol. The van der Waals surface area contributed by atoms with Crippen molar-refractivity contribution in [3.8, 4) is 5.75 Å². The number of amides is 2. The van der Waals surface area contributed by atoms with Gasteiger partial charge in [-0.25, -0.2) is 4.99 Å². The van der Waals surface area contributed by atoms with Crippen LogP contribution in [-0.4, -0.2) is 34.4 Å². The summed E-state index contributed by atoms with van der Waals surface area (Å²) in [7, 11) is 1.66. The maximum absolute atomic E-state index is 14.1. The van der Waals surface area contributed by atoms with Crippen LogP contribution in [0.1, 0.15) is 33.4 Å². The number of rotatable bonds is 13. The Morgan fingerprint density at radius 3 is 1.88 bits per heavy atom. The number of hydrogen-bond donors (Lipinski definition) is 1. The van der Waals surface area contributed by atoms with E-state index in [0.717, 1.165) is 39.1 Å². The molecule has 2 heterocycles. The highest BCUT2D eigenvalue weighted by Crippen LogP contribution is 2.39. The fourth-order valence-electron chi connectivity index (χ4n) is 6.54. The molecule has 60 heavy (non-hydrogen) atoms. The Morgan fingerprint density at radius 1 is 0.583 bits per heavy atom. The molecule has 2 amide bonds. The molecule has 0 atom stereocenters. The van der Waals surface area contributed by atoms with E-state index in [0.29, 0.717) is 50.4 Å². The smallest absolute Gasteiger partial charge is 0.271 e. The summed E-state index contributed by atoms with van der Waals surface area (Å²) in [5.41, 5.74) is 7.61. The fourth-order valence-corrected chi connectivity index (χ4v) is 8.52. The van der Waals surface area contributed by atoms with Crippen molar-refractivity contribution in [2.45, 2.75) is 26.4 Å². The second-order valence-electron chi connectivity index (χ2n) is 13.8. The molecule has 2 aliphatic heterocycles. The van der Waals surface area contributed by atoms with E-state index in [2.05, 4.69) is 0 Å². The number of hydrogen-bond acceptors (Lipinski definition) is 9. The molecule has 0 aliphatic carbocycles. The number of thioether (sulfide) groups is 2. The number of amidine groups is 2. The zero-order valence-corrected chi connectivity index (χ0v) is 34.3. The molecular formula is C49H40N4O5S2. The topological polar surface area (TPSA) is 104 Å². The molecule has 6 aromatic rings. The van der Waals surface area contributed by atoms with Crippen molar-refractivity contribution < 1.29 is 24.2 Å². The Morgan fingerprint density at radius 2 is 1.18 bits per heavy atom. The summed E-state index contributed by atoms with van der Waals surface area (Å²) in [6.45, 7) is 1.14. The van der Waals surface area contributed by atoms with Gasteiger partial charge in [0.2, 0.25) is 0 Å². The molecule has 11 heteroatoms. The zero-order valence-electron chi connectivity index (χ0n) is 32.7. The molecule has 8 rings (SSSR count). The largest absolute Gasteiger partial charge is 0.489 e. The number of benzene rings is 6. The van der Waals surface area contributed by atoms with E-state index in [4.69, 9.17) is 19.5 Å². The highest BCUT2D eigenvalue weighted by Gasteiger charge is 2.36. The van der Waals surface area contributed by atoms with Gasteiger partial charge in [-0.1, -0.05) is 103 Å². The van der Waals surface area contributed by atoms with Crippen LogP contribution in [-0.2, 0) is 40.7 Å². The zero-order chi connectivity index (χ0) is 41.3. The van der Waals surface area contributed by atoms with Crippen molar-refractivity contribution in [2.75, 3.05) is 16.9 Å². The molecule has 0 spiro atoms. The second kappa shape index (κ2) is 19.0. The molecule has 2 saturated heterocycles. The van der Waals surface area contributed by atoms with Gasteiger partial charge < -0.3 is 14.6 Å².